The second-order valence-electron chi connectivity index (χ2n) is 10.4. The lowest BCUT2D eigenvalue weighted by Crippen LogP contribution is -2.49. The average molecular weight is 581 g/mol. The average Bonchev–Trinajstić information content (AvgIpc) is 2.82. The van der Waals surface area contributed by atoms with Crippen molar-refractivity contribution in [3.8, 4) is 0 Å². The lowest BCUT2D eigenvalue weighted by Gasteiger charge is -2.34. The van der Waals surface area contributed by atoms with Crippen molar-refractivity contribution in [2.24, 2.45) is 5.73 Å². The molecule has 0 spiro atoms. The van der Waals surface area contributed by atoms with E-state index in [1.54, 1.807) is 48.5 Å². The molecule has 2 rings (SSSR count). The van der Waals surface area contributed by atoms with Crippen molar-refractivity contribution in [1.29, 1.82) is 0 Å². The quantitative estimate of drug-likeness (QED) is 0.222. The van der Waals surface area contributed by atoms with Gasteiger partial charge in [0, 0.05) is 22.6 Å². The standard InChI is InChI=1S/C14H18F3NO3.C14H20F3NO/c1-7-8(2)10(4)12(11(5)9(7)3)13(19,6-18(20)21)14(15,16)17;1-7-8(2)10(4)12(11(5)9(7)3)13(19,6-18)14(15,16)17/h19H,6H2,1-5H3;19H,6,18H2,1-5H3. The molecule has 0 aromatic heterocycles. The number of nitro groups is 1. The largest absolute Gasteiger partial charge is 0.428 e. The zero-order valence-corrected chi connectivity index (χ0v) is 24.4. The van der Waals surface area contributed by atoms with Crippen LogP contribution in [0.3, 0.4) is 0 Å². The summed E-state index contributed by atoms with van der Waals surface area (Å²) in [4.78, 5) is 9.50. The number of rotatable bonds is 5. The minimum absolute atomic E-state index is 0.108. The Hall–Kier alpha value is -2.70. The van der Waals surface area contributed by atoms with Gasteiger partial charge in [0.25, 0.3) is 5.60 Å². The molecule has 0 aliphatic carbocycles. The van der Waals surface area contributed by atoms with Crippen LogP contribution in [0.2, 0.25) is 0 Å². The Labute approximate surface area is 230 Å². The van der Waals surface area contributed by atoms with E-state index in [9.17, 15) is 46.7 Å². The maximum atomic E-state index is 13.3. The maximum Gasteiger partial charge on any atom is 0.428 e. The van der Waals surface area contributed by atoms with E-state index in [0.717, 1.165) is 22.3 Å². The smallest absolute Gasteiger partial charge is 0.375 e. The zero-order chi connectivity index (χ0) is 31.9. The van der Waals surface area contributed by atoms with Crippen LogP contribution < -0.4 is 5.73 Å². The summed E-state index contributed by atoms with van der Waals surface area (Å²) in [6, 6.07) is 0. The number of nitrogens with zero attached hydrogens (tertiary/aromatic N) is 1. The van der Waals surface area contributed by atoms with Gasteiger partial charge in [-0.3, -0.25) is 10.1 Å². The van der Waals surface area contributed by atoms with Crippen molar-refractivity contribution >= 4 is 0 Å². The summed E-state index contributed by atoms with van der Waals surface area (Å²) in [6.45, 7) is 14.0. The molecule has 2 aromatic carbocycles. The van der Waals surface area contributed by atoms with Crippen LogP contribution in [0.25, 0.3) is 0 Å². The highest BCUT2D eigenvalue weighted by molar-refractivity contribution is 5.53. The Morgan fingerprint density at radius 3 is 1.00 bits per heavy atom. The molecule has 40 heavy (non-hydrogen) atoms. The van der Waals surface area contributed by atoms with Crippen molar-refractivity contribution < 1.29 is 41.5 Å². The van der Waals surface area contributed by atoms with E-state index in [2.05, 4.69) is 0 Å². The molecule has 2 unspecified atom stereocenters. The first kappa shape index (κ1) is 35.3. The Balaban J connectivity index is 0.000000402. The minimum Gasteiger partial charge on any atom is -0.375 e. The van der Waals surface area contributed by atoms with Crippen LogP contribution >= 0.6 is 0 Å². The summed E-state index contributed by atoms with van der Waals surface area (Å²) >= 11 is 0. The van der Waals surface area contributed by atoms with E-state index >= 15 is 0 Å². The van der Waals surface area contributed by atoms with E-state index in [1.807, 2.05) is 6.92 Å². The van der Waals surface area contributed by atoms with Gasteiger partial charge >= 0.3 is 12.4 Å². The predicted molar refractivity (Wildman–Crippen MR) is 141 cm³/mol. The Kier molecular flexibility index (Phi) is 10.3. The first-order valence-corrected chi connectivity index (χ1v) is 12.4. The third-order valence-electron chi connectivity index (χ3n) is 8.42. The first-order chi connectivity index (χ1) is 17.8. The lowest BCUT2D eigenvalue weighted by molar-refractivity contribution is -0.519. The van der Waals surface area contributed by atoms with Crippen molar-refractivity contribution in [2.75, 3.05) is 13.1 Å². The molecule has 12 heteroatoms. The second-order valence-corrected chi connectivity index (χ2v) is 10.4. The number of nitrogens with two attached hydrogens (primary N) is 1. The molecular weight excluding hydrogens is 542 g/mol. The summed E-state index contributed by atoms with van der Waals surface area (Å²) in [5.74, 6) is 0. The van der Waals surface area contributed by atoms with E-state index in [1.165, 1.54) is 13.8 Å². The molecule has 0 amide bonds. The van der Waals surface area contributed by atoms with E-state index < -0.39 is 47.1 Å². The van der Waals surface area contributed by atoms with Crippen LogP contribution in [0.5, 0.6) is 0 Å². The van der Waals surface area contributed by atoms with Gasteiger partial charge < -0.3 is 15.9 Å². The topological polar surface area (TPSA) is 110 Å². The molecule has 226 valence electrons. The fraction of sp³-hybridized carbons (Fsp3) is 0.571. The van der Waals surface area contributed by atoms with Gasteiger partial charge in [-0.25, -0.2) is 0 Å². The van der Waals surface area contributed by atoms with Gasteiger partial charge in [0.2, 0.25) is 6.54 Å². The van der Waals surface area contributed by atoms with E-state index in [4.69, 9.17) is 5.73 Å². The molecular formula is C28H38F6N2O4. The maximum absolute atomic E-state index is 13.3. The summed E-state index contributed by atoms with van der Waals surface area (Å²) in [6.07, 6.45) is -9.94. The Morgan fingerprint density at radius 2 is 0.800 bits per heavy atom. The number of alkyl halides is 6. The summed E-state index contributed by atoms with van der Waals surface area (Å²) in [5, 5.41) is 30.8. The molecule has 2 atom stereocenters. The molecule has 0 aliphatic rings. The predicted octanol–water partition coefficient (Wildman–Crippen LogP) is 6.19. The summed E-state index contributed by atoms with van der Waals surface area (Å²) < 4.78 is 79.5. The number of hydrogen-bond donors (Lipinski definition) is 3. The van der Waals surface area contributed by atoms with Crippen LogP contribution in [0.1, 0.15) is 66.8 Å². The van der Waals surface area contributed by atoms with Crippen molar-refractivity contribution in [3.63, 3.8) is 0 Å². The van der Waals surface area contributed by atoms with Crippen LogP contribution in [0, 0.1) is 79.4 Å². The fourth-order valence-electron chi connectivity index (χ4n) is 5.10. The monoisotopic (exact) mass is 580 g/mol. The van der Waals surface area contributed by atoms with Crippen molar-refractivity contribution in [1.82, 2.24) is 0 Å². The molecule has 0 saturated carbocycles. The van der Waals surface area contributed by atoms with Gasteiger partial charge in [-0.15, -0.1) is 0 Å². The van der Waals surface area contributed by atoms with Gasteiger partial charge in [-0.05, 0) is 125 Å². The van der Waals surface area contributed by atoms with Crippen LogP contribution in [-0.4, -0.2) is 40.6 Å². The first-order valence-electron chi connectivity index (χ1n) is 12.4. The third-order valence-corrected chi connectivity index (χ3v) is 8.42. The molecule has 0 radical (unpaired) electrons. The SMILES string of the molecule is Cc1c(C)c(C)c(C(O)(CN)C(F)(F)F)c(C)c1C.Cc1c(C)c(C)c(C(O)(C[N+](=O)[O-])C(F)(F)F)c(C)c1C. The number of hydrogen-bond acceptors (Lipinski definition) is 5. The highest BCUT2D eigenvalue weighted by atomic mass is 19.4. The van der Waals surface area contributed by atoms with Gasteiger partial charge in [-0.2, -0.15) is 26.3 Å². The van der Waals surface area contributed by atoms with Crippen LogP contribution in [0.4, 0.5) is 26.3 Å². The number of halogens is 6. The molecule has 0 heterocycles. The lowest BCUT2D eigenvalue weighted by atomic mass is 9.80. The molecule has 0 aliphatic heterocycles. The Bertz CT molecular complexity index is 1250. The van der Waals surface area contributed by atoms with Crippen LogP contribution in [-0.2, 0) is 11.2 Å². The Morgan fingerprint density at radius 1 is 0.575 bits per heavy atom. The van der Waals surface area contributed by atoms with Crippen molar-refractivity contribution in [3.05, 3.63) is 76.9 Å². The summed E-state index contributed by atoms with van der Waals surface area (Å²) in [5.41, 5.74) is 4.07. The fourth-order valence-corrected chi connectivity index (χ4v) is 5.10. The second kappa shape index (κ2) is 11.7. The molecule has 6 nitrogen and oxygen atoms in total. The third kappa shape index (κ3) is 5.99. The number of benzene rings is 2. The molecule has 0 bridgehead atoms. The highest BCUT2D eigenvalue weighted by Gasteiger charge is 2.60. The van der Waals surface area contributed by atoms with Crippen molar-refractivity contribution in [2.45, 2.75) is 92.8 Å². The van der Waals surface area contributed by atoms with Gasteiger partial charge in [-0.1, -0.05) is 0 Å². The minimum atomic E-state index is -5.14. The molecule has 0 fully saturated rings. The van der Waals surface area contributed by atoms with Gasteiger partial charge in [0.1, 0.15) is 0 Å². The molecule has 2 aromatic rings. The molecule has 0 saturated heterocycles. The normalized spacial score (nSPS) is 15.2. The van der Waals surface area contributed by atoms with Crippen LogP contribution in [0.15, 0.2) is 0 Å². The van der Waals surface area contributed by atoms with E-state index in [-0.39, 0.29) is 16.7 Å². The molecule has 4 N–H and O–H groups in total. The van der Waals surface area contributed by atoms with E-state index in [0.29, 0.717) is 22.3 Å². The van der Waals surface area contributed by atoms with Gasteiger partial charge in [0.05, 0.1) is 0 Å². The van der Waals surface area contributed by atoms with Gasteiger partial charge in [0.15, 0.2) is 5.60 Å². The highest BCUT2D eigenvalue weighted by Crippen LogP contribution is 2.45. The number of aliphatic hydroxyl groups is 2. The summed E-state index contributed by atoms with van der Waals surface area (Å²) in [7, 11) is 0. The zero-order valence-electron chi connectivity index (χ0n) is 24.4.